The lowest BCUT2D eigenvalue weighted by Gasteiger charge is -2.27. The van der Waals surface area contributed by atoms with Crippen molar-refractivity contribution in [1.82, 2.24) is 10.2 Å². The summed E-state index contributed by atoms with van der Waals surface area (Å²) in [5.41, 5.74) is 0. The molecule has 0 spiro atoms. The van der Waals surface area contributed by atoms with Gasteiger partial charge in [-0.2, -0.15) is 0 Å². The topological polar surface area (TPSA) is 69.6 Å². The summed E-state index contributed by atoms with van der Waals surface area (Å²) in [6.45, 7) is 0.625. The Kier molecular flexibility index (Phi) is 4.36. The van der Waals surface area contributed by atoms with Crippen molar-refractivity contribution in [2.75, 3.05) is 6.54 Å². The average molecular weight is 294 g/mol. The molecule has 0 aromatic heterocycles. The molecule has 3 aliphatic rings. The number of nitrogens with one attached hydrogen (secondary N) is 1. The van der Waals surface area contributed by atoms with Crippen molar-refractivity contribution in [2.45, 2.75) is 69.9 Å². The predicted molar refractivity (Wildman–Crippen MR) is 79.0 cm³/mol. The molecule has 2 N–H and O–H groups in total. The Hall–Kier alpha value is -1.26. The Balaban J connectivity index is 1.64. The summed E-state index contributed by atoms with van der Waals surface area (Å²) >= 11 is 0. The maximum atomic E-state index is 12.5. The molecule has 0 aromatic carbocycles. The van der Waals surface area contributed by atoms with Crippen molar-refractivity contribution in [3.8, 4) is 0 Å². The summed E-state index contributed by atoms with van der Waals surface area (Å²) in [6.07, 6.45) is 10.0. The van der Waals surface area contributed by atoms with E-state index in [0.717, 1.165) is 32.1 Å². The summed E-state index contributed by atoms with van der Waals surface area (Å²) in [7, 11) is 0. The van der Waals surface area contributed by atoms with Gasteiger partial charge in [-0.1, -0.05) is 32.1 Å². The molecule has 3 unspecified atom stereocenters. The minimum absolute atomic E-state index is 0.149. The first-order valence-corrected chi connectivity index (χ1v) is 8.47. The number of carboxylic acids is 1. The normalized spacial score (nSPS) is 33.5. The van der Waals surface area contributed by atoms with E-state index in [1.54, 1.807) is 4.90 Å². The third kappa shape index (κ3) is 3.01. The molecule has 1 heterocycles. The van der Waals surface area contributed by atoms with Crippen molar-refractivity contribution >= 4 is 12.0 Å². The zero-order chi connectivity index (χ0) is 14.8. The highest BCUT2D eigenvalue weighted by Gasteiger charge is 2.49. The largest absolute Gasteiger partial charge is 0.480 e. The van der Waals surface area contributed by atoms with Crippen LogP contribution in [0.2, 0.25) is 0 Å². The van der Waals surface area contributed by atoms with Gasteiger partial charge in [-0.25, -0.2) is 9.59 Å². The van der Waals surface area contributed by atoms with Crippen LogP contribution < -0.4 is 5.32 Å². The maximum absolute atomic E-state index is 12.5. The first-order chi connectivity index (χ1) is 10.2. The average Bonchev–Trinajstić information content (AvgIpc) is 2.92. The molecule has 1 aliphatic heterocycles. The number of rotatable bonds is 2. The van der Waals surface area contributed by atoms with E-state index in [2.05, 4.69) is 5.32 Å². The van der Waals surface area contributed by atoms with E-state index >= 15 is 0 Å². The number of carbonyl (C=O) groups excluding carboxylic acids is 1. The van der Waals surface area contributed by atoms with Crippen LogP contribution in [0.5, 0.6) is 0 Å². The molecule has 0 bridgehead atoms. The van der Waals surface area contributed by atoms with E-state index in [1.807, 2.05) is 0 Å². The quantitative estimate of drug-likeness (QED) is 0.769. The summed E-state index contributed by atoms with van der Waals surface area (Å²) < 4.78 is 0. The predicted octanol–water partition coefficient (Wildman–Crippen LogP) is 2.60. The minimum atomic E-state index is -0.833. The van der Waals surface area contributed by atoms with E-state index in [1.165, 1.54) is 25.7 Å². The molecule has 5 heteroatoms. The first-order valence-electron chi connectivity index (χ1n) is 8.47. The maximum Gasteiger partial charge on any atom is 0.326 e. The van der Waals surface area contributed by atoms with Crippen molar-refractivity contribution in [3.05, 3.63) is 0 Å². The van der Waals surface area contributed by atoms with E-state index in [4.69, 9.17) is 0 Å². The number of carbonyl (C=O) groups is 2. The summed E-state index contributed by atoms with van der Waals surface area (Å²) in [5.74, 6) is -0.270. The fourth-order valence-electron chi connectivity index (χ4n) is 4.51. The standard InChI is InChI=1S/C16H26N2O3/c19-15(20)14-13-9-5-6-11(13)10-18(14)16(21)17-12-7-3-1-2-4-8-12/h11-14H,1-10H2,(H,17,21)(H,19,20). The van der Waals surface area contributed by atoms with Gasteiger partial charge < -0.3 is 15.3 Å². The highest BCUT2D eigenvalue weighted by Crippen LogP contribution is 2.42. The number of carboxylic acid groups (broad SMARTS) is 1. The van der Waals surface area contributed by atoms with Gasteiger partial charge in [0.2, 0.25) is 0 Å². The molecule has 118 valence electrons. The fraction of sp³-hybridized carbons (Fsp3) is 0.875. The highest BCUT2D eigenvalue weighted by molar-refractivity contribution is 5.84. The number of aliphatic carboxylic acids is 1. The van der Waals surface area contributed by atoms with E-state index < -0.39 is 12.0 Å². The van der Waals surface area contributed by atoms with E-state index in [9.17, 15) is 14.7 Å². The van der Waals surface area contributed by atoms with Gasteiger partial charge in [0.05, 0.1) is 0 Å². The lowest BCUT2D eigenvalue weighted by molar-refractivity contribution is -0.142. The second-order valence-corrected chi connectivity index (χ2v) is 6.93. The van der Waals surface area contributed by atoms with Crippen LogP contribution in [0.3, 0.4) is 0 Å². The van der Waals surface area contributed by atoms with Gasteiger partial charge in [-0.3, -0.25) is 0 Å². The van der Waals surface area contributed by atoms with Crippen molar-refractivity contribution in [3.63, 3.8) is 0 Å². The van der Waals surface area contributed by atoms with Gasteiger partial charge in [0, 0.05) is 12.6 Å². The SMILES string of the molecule is O=C(O)C1C2CCCC2CN1C(=O)NC1CCCCCC1. The molecule has 2 aliphatic carbocycles. The number of urea groups is 1. The molecular weight excluding hydrogens is 268 g/mol. The monoisotopic (exact) mass is 294 g/mol. The Morgan fingerprint density at radius 1 is 0.952 bits per heavy atom. The van der Waals surface area contributed by atoms with Crippen molar-refractivity contribution in [2.24, 2.45) is 11.8 Å². The van der Waals surface area contributed by atoms with Crippen LogP contribution in [-0.2, 0) is 4.79 Å². The highest BCUT2D eigenvalue weighted by atomic mass is 16.4. The molecule has 3 fully saturated rings. The van der Waals surface area contributed by atoms with Gasteiger partial charge in [0.1, 0.15) is 6.04 Å². The smallest absolute Gasteiger partial charge is 0.326 e. The molecule has 2 amide bonds. The molecule has 0 aromatic rings. The minimum Gasteiger partial charge on any atom is -0.480 e. The Bertz CT molecular complexity index is 404. The molecule has 1 saturated heterocycles. The molecule has 3 atom stereocenters. The Labute approximate surface area is 126 Å². The van der Waals surface area contributed by atoms with Gasteiger partial charge in [-0.05, 0) is 37.5 Å². The van der Waals surface area contributed by atoms with Crippen LogP contribution >= 0.6 is 0 Å². The number of fused-ring (bicyclic) bond motifs is 1. The zero-order valence-corrected chi connectivity index (χ0v) is 12.6. The lowest BCUT2D eigenvalue weighted by atomic mass is 9.94. The Morgan fingerprint density at radius 2 is 1.67 bits per heavy atom. The number of hydrogen-bond donors (Lipinski definition) is 2. The van der Waals surface area contributed by atoms with Crippen LogP contribution in [0.25, 0.3) is 0 Å². The molecular formula is C16H26N2O3. The molecule has 5 nitrogen and oxygen atoms in total. The summed E-state index contributed by atoms with van der Waals surface area (Å²) in [6, 6.07) is -0.526. The van der Waals surface area contributed by atoms with Gasteiger partial charge in [0.25, 0.3) is 0 Å². The fourth-order valence-corrected chi connectivity index (χ4v) is 4.51. The van der Waals surface area contributed by atoms with Gasteiger partial charge in [-0.15, -0.1) is 0 Å². The third-order valence-electron chi connectivity index (χ3n) is 5.59. The van der Waals surface area contributed by atoms with Gasteiger partial charge in [0.15, 0.2) is 0 Å². The van der Waals surface area contributed by atoms with Crippen molar-refractivity contribution in [1.29, 1.82) is 0 Å². The van der Waals surface area contributed by atoms with Crippen LogP contribution in [0, 0.1) is 11.8 Å². The van der Waals surface area contributed by atoms with E-state index in [0.29, 0.717) is 12.5 Å². The molecule has 0 radical (unpaired) electrons. The summed E-state index contributed by atoms with van der Waals surface area (Å²) in [4.78, 5) is 25.7. The molecule has 3 rings (SSSR count). The van der Waals surface area contributed by atoms with E-state index in [-0.39, 0.29) is 18.0 Å². The second kappa shape index (κ2) is 6.24. The number of amides is 2. The molecule has 2 saturated carbocycles. The number of nitrogens with zero attached hydrogens (tertiary/aromatic N) is 1. The lowest BCUT2D eigenvalue weighted by Crippen LogP contribution is -2.50. The van der Waals surface area contributed by atoms with Crippen LogP contribution in [-0.4, -0.2) is 40.6 Å². The zero-order valence-electron chi connectivity index (χ0n) is 12.6. The number of likely N-dealkylation sites (tertiary alicyclic amines) is 1. The first kappa shape index (κ1) is 14.7. The third-order valence-corrected chi connectivity index (χ3v) is 5.59. The van der Waals surface area contributed by atoms with Gasteiger partial charge >= 0.3 is 12.0 Å². The second-order valence-electron chi connectivity index (χ2n) is 6.93. The number of hydrogen-bond acceptors (Lipinski definition) is 2. The van der Waals surface area contributed by atoms with Crippen LogP contribution in [0.1, 0.15) is 57.8 Å². The van der Waals surface area contributed by atoms with Crippen molar-refractivity contribution < 1.29 is 14.7 Å². The van der Waals surface area contributed by atoms with Crippen LogP contribution in [0.15, 0.2) is 0 Å². The summed E-state index contributed by atoms with van der Waals surface area (Å²) in [5, 5.41) is 12.6. The molecule has 21 heavy (non-hydrogen) atoms. The van der Waals surface area contributed by atoms with Crippen LogP contribution in [0.4, 0.5) is 4.79 Å². The Morgan fingerprint density at radius 3 is 2.33 bits per heavy atom.